The normalized spacial score (nSPS) is 18.4. The highest BCUT2D eigenvalue weighted by atomic mass is 16.2. The van der Waals surface area contributed by atoms with Gasteiger partial charge in [-0.05, 0) is 18.8 Å². The molecule has 17 heavy (non-hydrogen) atoms. The number of nitrogens with one attached hydrogen (secondary N) is 2. The summed E-state index contributed by atoms with van der Waals surface area (Å²) in [4.78, 5) is 22.8. The van der Waals surface area contributed by atoms with E-state index in [4.69, 9.17) is 0 Å². The Kier molecular flexibility index (Phi) is 5.73. The van der Waals surface area contributed by atoms with E-state index < -0.39 is 0 Å². The van der Waals surface area contributed by atoms with E-state index in [2.05, 4.69) is 22.8 Å². The molecule has 1 rings (SSSR count). The Labute approximate surface area is 103 Å². The molecule has 0 bridgehead atoms. The maximum absolute atomic E-state index is 11.5. The fourth-order valence-corrected chi connectivity index (χ4v) is 1.77. The molecular weight excluding hydrogens is 216 g/mol. The van der Waals surface area contributed by atoms with Crippen LogP contribution in [0, 0.1) is 11.8 Å². The number of allylic oxidation sites excluding steroid dienone is 2. The van der Waals surface area contributed by atoms with Gasteiger partial charge in [-0.2, -0.15) is 0 Å². The Bertz CT molecular complexity index is 298. The molecule has 0 saturated heterocycles. The Morgan fingerprint density at radius 3 is 2.59 bits per heavy atom. The molecule has 1 unspecified atom stereocenters. The first-order valence-corrected chi connectivity index (χ1v) is 6.30. The maximum atomic E-state index is 11.5. The van der Waals surface area contributed by atoms with Gasteiger partial charge in [0, 0.05) is 25.4 Å². The second-order valence-corrected chi connectivity index (χ2v) is 4.77. The number of carbonyl (C=O) groups is 2. The van der Waals surface area contributed by atoms with Gasteiger partial charge in [-0.25, -0.2) is 0 Å². The summed E-state index contributed by atoms with van der Waals surface area (Å²) in [6, 6.07) is 0. The van der Waals surface area contributed by atoms with Crippen LogP contribution >= 0.6 is 0 Å². The zero-order chi connectivity index (χ0) is 12.7. The molecule has 0 aromatic heterocycles. The van der Waals surface area contributed by atoms with Gasteiger partial charge in [0.15, 0.2) is 0 Å². The number of hydrogen-bond acceptors (Lipinski definition) is 2. The van der Waals surface area contributed by atoms with Crippen molar-refractivity contribution in [3.8, 4) is 0 Å². The van der Waals surface area contributed by atoms with Crippen LogP contribution in [0.1, 0.15) is 33.1 Å². The molecule has 0 saturated carbocycles. The van der Waals surface area contributed by atoms with Crippen LogP contribution in [-0.4, -0.2) is 24.9 Å². The highest BCUT2D eigenvalue weighted by molar-refractivity contribution is 5.78. The SMILES string of the molecule is CC(C)C(=O)NCCNC(=O)CC1C=CCC1. The third-order valence-electron chi connectivity index (χ3n) is 2.83. The summed E-state index contributed by atoms with van der Waals surface area (Å²) >= 11 is 0. The van der Waals surface area contributed by atoms with Gasteiger partial charge in [-0.15, -0.1) is 0 Å². The molecular formula is C13H22N2O2. The van der Waals surface area contributed by atoms with Gasteiger partial charge in [-0.1, -0.05) is 26.0 Å². The van der Waals surface area contributed by atoms with Crippen molar-refractivity contribution in [3.05, 3.63) is 12.2 Å². The second-order valence-electron chi connectivity index (χ2n) is 4.77. The molecule has 0 spiro atoms. The molecule has 2 N–H and O–H groups in total. The minimum absolute atomic E-state index is 0.00525. The van der Waals surface area contributed by atoms with Crippen molar-refractivity contribution >= 4 is 11.8 Å². The molecule has 0 heterocycles. The Morgan fingerprint density at radius 1 is 1.29 bits per heavy atom. The van der Waals surface area contributed by atoms with Crippen LogP contribution in [0.2, 0.25) is 0 Å². The molecule has 1 aliphatic carbocycles. The lowest BCUT2D eigenvalue weighted by Gasteiger charge is -2.10. The summed E-state index contributed by atoms with van der Waals surface area (Å²) in [6.07, 6.45) is 6.97. The van der Waals surface area contributed by atoms with Crippen LogP contribution in [0.25, 0.3) is 0 Å². The fraction of sp³-hybridized carbons (Fsp3) is 0.692. The number of hydrogen-bond donors (Lipinski definition) is 2. The molecule has 0 aromatic carbocycles. The summed E-state index contributed by atoms with van der Waals surface area (Å²) in [5.74, 6) is 0.493. The standard InChI is InChI=1S/C13H22N2O2/c1-10(2)13(17)15-8-7-14-12(16)9-11-5-3-4-6-11/h3,5,10-11H,4,6-9H2,1-2H3,(H,14,16)(H,15,17). The van der Waals surface area contributed by atoms with E-state index in [1.54, 1.807) is 0 Å². The Morgan fingerprint density at radius 2 is 2.00 bits per heavy atom. The fourth-order valence-electron chi connectivity index (χ4n) is 1.77. The quantitative estimate of drug-likeness (QED) is 0.540. The van der Waals surface area contributed by atoms with Crippen molar-refractivity contribution in [2.45, 2.75) is 33.1 Å². The molecule has 4 heteroatoms. The van der Waals surface area contributed by atoms with Gasteiger partial charge < -0.3 is 10.6 Å². The number of amides is 2. The predicted molar refractivity (Wildman–Crippen MR) is 67.3 cm³/mol. The Balaban J connectivity index is 2.04. The van der Waals surface area contributed by atoms with E-state index in [9.17, 15) is 9.59 Å². The van der Waals surface area contributed by atoms with Crippen molar-refractivity contribution in [3.63, 3.8) is 0 Å². The molecule has 4 nitrogen and oxygen atoms in total. The number of rotatable bonds is 6. The van der Waals surface area contributed by atoms with E-state index in [0.717, 1.165) is 12.8 Å². The van der Waals surface area contributed by atoms with Gasteiger partial charge in [-0.3, -0.25) is 9.59 Å². The van der Waals surface area contributed by atoms with Crippen LogP contribution in [0.3, 0.4) is 0 Å². The lowest BCUT2D eigenvalue weighted by atomic mass is 10.1. The highest BCUT2D eigenvalue weighted by Gasteiger charge is 2.13. The van der Waals surface area contributed by atoms with Crippen LogP contribution in [0.4, 0.5) is 0 Å². The van der Waals surface area contributed by atoms with Gasteiger partial charge in [0.2, 0.25) is 11.8 Å². The van der Waals surface area contributed by atoms with Crippen LogP contribution in [0.5, 0.6) is 0 Å². The van der Waals surface area contributed by atoms with Gasteiger partial charge in [0.1, 0.15) is 0 Å². The van der Waals surface area contributed by atoms with E-state index in [0.29, 0.717) is 25.4 Å². The summed E-state index contributed by atoms with van der Waals surface area (Å²) in [6.45, 7) is 4.71. The summed E-state index contributed by atoms with van der Waals surface area (Å²) in [7, 11) is 0. The monoisotopic (exact) mass is 238 g/mol. The third kappa shape index (κ3) is 5.52. The first-order chi connectivity index (χ1) is 8.09. The van der Waals surface area contributed by atoms with Crippen LogP contribution < -0.4 is 10.6 Å². The lowest BCUT2D eigenvalue weighted by Crippen LogP contribution is -2.36. The second kappa shape index (κ2) is 7.09. The number of carbonyl (C=O) groups excluding carboxylic acids is 2. The van der Waals surface area contributed by atoms with Crippen molar-refractivity contribution in [1.82, 2.24) is 10.6 Å². The van der Waals surface area contributed by atoms with Crippen LogP contribution in [0.15, 0.2) is 12.2 Å². The Hall–Kier alpha value is -1.32. The zero-order valence-corrected chi connectivity index (χ0v) is 10.7. The smallest absolute Gasteiger partial charge is 0.222 e. The average molecular weight is 238 g/mol. The van der Waals surface area contributed by atoms with Crippen molar-refractivity contribution in [2.24, 2.45) is 11.8 Å². The third-order valence-corrected chi connectivity index (χ3v) is 2.83. The van der Waals surface area contributed by atoms with E-state index in [-0.39, 0.29) is 17.7 Å². The minimum atomic E-state index is -0.00525. The predicted octanol–water partition coefficient (Wildman–Crippen LogP) is 1.23. The molecule has 96 valence electrons. The molecule has 2 amide bonds. The molecule has 0 radical (unpaired) electrons. The molecule has 0 fully saturated rings. The van der Waals surface area contributed by atoms with Gasteiger partial charge >= 0.3 is 0 Å². The molecule has 1 aliphatic rings. The topological polar surface area (TPSA) is 58.2 Å². The highest BCUT2D eigenvalue weighted by Crippen LogP contribution is 2.19. The summed E-state index contributed by atoms with van der Waals surface area (Å²) < 4.78 is 0. The lowest BCUT2D eigenvalue weighted by molar-refractivity contribution is -0.125. The largest absolute Gasteiger partial charge is 0.354 e. The first kappa shape index (κ1) is 13.7. The average Bonchev–Trinajstić information content (AvgIpc) is 2.76. The maximum Gasteiger partial charge on any atom is 0.222 e. The zero-order valence-electron chi connectivity index (χ0n) is 10.7. The molecule has 0 aromatic rings. The van der Waals surface area contributed by atoms with Crippen LogP contribution in [-0.2, 0) is 9.59 Å². The minimum Gasteiger partial charge on any atom is -0.354 e. The summed E-state index contributed by atoms with van der Waals surface area (Å²) in [5, 5.41) is 5.58. The first-order valence-electron chi connectivity index (χ1n) is 6.30. The van der Waals surface area contributed by atoms with Gasteiger partial charge in [0.25, 0.3) is 0 Å². The van der Waals surface area contributed by atoms with Crippen molar-refractivity contribution < 1.29 is 9.59 Å². The van der Waals surface area contributed by atoms with E-state index >= 15 is 0 Å². The molecule has 0 aliphatic heterocycles. The van der Waals surface area contributed by atoms with E-state index in [1.807, 2.05) is 13.8 Å². The van der Waals surface area contributed by atoms with Gasteiger partial charge in [0.05, 0.1) is 0 Å². The summed E-state index contributed by atoms with van der Waals surface area (Å²) in [5.41, 5.74) is 0. The van der Waals surface area contributed by atoms with Crippen molar-refractivity contribution in [1.29, 1.82) is 0 Å². The van der Waals surface area contributed by atoms with E-state index in [1.165, 1.54) is 0 Å². The van der Waals surface area contributed by atoms with Crippen molar-refractivity contribution in [2.75, 3.05) is 13.1 Å². The molecule has 1 atom stereocenters.